The molecule has 0 bridgehead atoms. The van der Waals surface area contributed by atoms with Crippen LogP contribution in [0, 0.1) is 0 Å². The molecule has 0 saturated carbocycles. The molecular formula is C14H14ClO5P. The number of hydrogen-bond acceptors (Lipinski definition) is 4. The van der Waals surface area contributed by atoms with Gasteiger partial charge in [-0.2, -0.15) is 0 Å². The molecule has 2 aromatic carbocycles. The summed E-state index contributed by atoms with van der Waals surface area (Å²) in [5.41, 5.74) is 0. The van der Waals surface area contributed by atoms with Crippen molar-refractivity contribution in [3.8, 4) is 11.5 Å². The van der Waals surface area contributed by atoms with Crippen LogP contribution in [0.4, 0.5) is 0 Å². The van der Waals surface area contributed by atoms with Crippen LogP contribution in [0.5, 0.6) is 11.5 Å². The normalized spacial score (nSPS) is 13.4. The summed E-state index contributed by atoms with van der Waals surface area (Å²) in [6.45, 7) is 0.0353. The maximum Gasteiger partial charge on any atom is 0.527 e. The van der Waals surface area contributed by atoms with E-state index in [9.17, 15) is 9.46 Å². The van der Waals surface area contributed by atoms with Crippen molar-refractivity contribution in [3.05, 3.63) is 59.6 Å². The van der Waals surface area contributed by atoms with Gasteiger partial charge in [0.2, 0.25) is 0 Å². The maximum absolute atomic E-state index is 11.7. The molecule has 0 radical (unpaired) electrons. The van der Waals surface area contributed by atoms with Crippen LogP contribution in [-0.2, 0) is 9.09 Å². The molecule has 21 heavy (non-hydrogen) atoms. The summed E-state index contributed by atoms with van der Waals surface area (Å²) in [4.78, 5) is 9.59. The van der Waals surface area contributed by atoms with Gasteiger partial charge in [0.25, 0.3) is 0 Å². The first-order valence-corrected chi connectivity index (χ1v) is 8.03. The molecule has 0 fully saturated rings. The molecule has 0 aromatic heterocycles. The maximum atomic E-state index is 11.7. The third kappa shape index (κ3) is 5.40. The van der Waals surface area contributed by atoms with Gasteiger partial charge < -0.3 is 9.26 Å². The number of ether oxygens (including phenoxy) is 1. The van der Waals surface area contributed by atoms with Crippen LogP contribution in [-0.4, -0.2) is 18.1 Å². The van der Waals surface area contributed by atoms with E-state index < -0.39 is 7.82 Å². The first-order valence-electron chi connectivity index (χ1n) is 6.16. The standard InChI is InChI=1S/C14H14ClO5P/c15-13-8-4-5-9-14(13)20-21(16,17)19-11-10-18-12-6-2-1-3-7-12/h1-9H,10-11H2,(H,16,17). The van der Waals surface area contributed by atoms with Gasteiger partial charge in [-0.05, 0) is 24.3 Å². The second-order valence-corrected chi connectivity index (χ2v) is 5.77. The number of benzene rings is 2. The largest absolute Gasteiger partial charge is 0.527 e. The molecule has 1 unspecified atom stereocenters. The quantitative estimate of drug-likeness (QED) is 0.616. The summed E-state index contributed by atoms with van der Waals surface area (Å²) in [5.74, 6) is 0.745. The van der Waals surface area contributed by atoms with Crippen LogP contribution in [0.3, 0.4) is 0 Å². The van der Waals surface area contributed by atoms with Gasteiger partial charge in [-0.1, -0.05) is 41.9 Å². The number of hydrogen-bond donors (Lipinski definition) is 1. The van der Waals surface area contributed by atoms with Gasteiger partial charge in [0.05, 0.1) is 11.6 Å². The molecule has 0 aliphatic rings. The zero-order valence-corrected chi connectivity index (χ0v) is 12.7. The van der Waals surface area contributed by atoms with E-state index >= 15 is 0 Å². The lowest BCUT2D eigenvalue weighted by molar-refractivity contribution is 0.165. The minimum atomic E-state index is -4.23. The summed E-state index contributed by atoms with van der Waals surface area (Å²) in [6, 6.07) is 15.4. The highest BCUT2D eigenvalue weighted by Crippen LogP contribution is 2.45. The first-order chi connectivity index (χ1) is 10.1. The van der Waals surface area contributed by atoms with Gasteiger partial charge >= 0.3 is 7.82 Å². The van der Waals surface area contributed by atoms with E-state index in [2.05, 4.69) is 0 Å². The SMILES string of the molecule is O=P(O)(OCCOc1ccccc1)Oc1ccccc1Cl. The van der Waals surface area contributed by atoms with Crippen molar-refractivity contribution in [2.75, 3.05) is 13.2 Å². The summed E-state index contributed by atoms with van der Waals surface area (Å²) in [7, 11) is -4.23. The van der Waals surface area contributed by atoms with E-state index in [1.54, 1.807) is 30.3 Å². The molecule has 0 aliphatic heterocycles. The molecule has 2 aromatic rings. The van der Waals surface area contributed by atoms with Gasteiger partial charge in [-0.25, -0.2) is 4.57 Å². The van der Waals surface area contributed by atoms with Crippen molar-refractivity contribution >= 4 is 19.4 Å². The highest BCUT2D eigenvalue weighted by Gasteiger charge is 2.23. The average molecular weight is 329 g/mol. The summed E-state index contributed by atoms with van der Waals surface area (Å²) < 4.78 is 26.8. The molecule has 0 aliphatic carbocycles. The van der Waals surface area contributed by atoms with Crippen LogP contribution < -0.4 is 9.26 Å². The van der Waals surface area contributed by atoms with Crippen molar-refractivity contribution in [3.63, 3.8) is 0 Å². The molecule has 1 N–H and O–H groups in total. The van der Waals surface area contributed by atoms with Crippen LogP contribution in [0.1, 0.15) is 0 Å². The van der Waals surface area contributed by atoms with Crippen LogP contribution in [0.2, 0.25) is 5.02 Å². The number of para-hydroxylation sites is 2. The lowest BCUT2D eigenvalue weighted by atomic mass is 10.3. The predicted molar refractivity (Wildman–Crippen MR) is 79.8 cm³/mol. The fourth-order valence-corrected chi connectivity index (χ4v) is 2.49. The lowest BCUT2D eigenvalue weighted by Crippen LogP contribution is -2.07. The zero-order chi connectivity index (χ0) is 15.1. The Balaban J connectivity index is 1.79. The van der Waals surface area contributed by atoms with Gasteiger partial charge in [-0.15, -0.1) is 0 Å². The molecule has 0 amide bonds. The molecule has 2 rings (SSSR count). The van der Waals surface area contributed by atoms with E-state index in [1.165, 1.54) is 6.07 Å². The van der Waals surface area contributed by atoms with Crippen molar-refractivity contribution < 1.29 is 23.2 Å². The smallest absolute Gasteiger partial charge is 0.491 e. The lowest BCUT2D eigenvalue weighted by Gasteiger charge is -2.14. The van der Waals surface area contributed by atoms with Crippen LogP contribution >= 0.6 is 19.4 Å². The van der Waals surface area contributed by atoms with Crippen LogP contribution in [0.15, 0.2) is 54.6 Å². The topological polar surface area (TPSA) is 65.0 Å². The van der Waals surface area contributed by atoms with Crippen LogP contribution in [0.25, 0.3) is 0 Å². The van der Waals surface area contributed by atoms with E-state index in [-0.39, 0.29) is 24.0 Å². The highest BCUT2D eigenvalue weighted by atomic mass is 35.5. The monoisotopic (exact) mass is 328 g/mol. The minimum Gasteiger partial charge on any atom is -0.491 e. The number of phosphoric ester groups is 1. The molecule has 0 heterocycles. The fraction of sp³-hybridized carbons (Fsp3) is 0.143. The van der Waals surface area contributed by atoms with Crippen molar-refractivity contribution in [1.82, 2.24) is 0 Å². The number of halogens is 1. The van der Waals surface area contributed by atoms with Crippen molar-refractivity contribution in [1.29, 1.82) is 0 Å². The van der Waals surface area contributed by atoms with Gasteiger partial charge in [0, 0.05) is 0 Å². The zero-order valence-electron chi connectivity index (χ0n) is 11.0. The Labute approximate surface area is 127 Å². The van der Waals surface area contributed by atoms with E-state index in [1.807, 2.05) is 18.2 Å². The fourth-order valence-electron chi connectivity index (χ4n) is 1.50. The van der Waals surface area contributed by atoms with E-state index in [0.717, 1.165) is 0 Å². The number of rotatable bonds is 7. The third-order valence-corrected chi connectivity index (χ3v) is 3.65. The van der Waals surface area contributed by atoms with Gasteiger partial charge in [0.15, 0.2) is 0 Å². The molecule has 1 atom stereocenters. The van der Waals surface area contributed by atoms with E-state index in [0.29, 0.717) is 5.75 Å². The summed E-state index contributed by atoms with van der Waals surface area (Å²) in [6.07, 6.45) is 0. The highest BCUT2D eigenvalue weighted by molar-refractivity contribution is 7.47. The van der Waals surface area contributed by atoms with E-state index in [4.69, 9.17) is 25.4 Å². The predicted octanol–water partition coefficient (Wildman–Crippen LogP) is 3.91. The Morgan fingerprint density at radius 1 is 1.00 bits per heavy atom. The first kappa shape index (κ1) is 15.9. The molecule has 0 spiro atoms. The average Bonchev–Trinajstić information content (AvgIpc) is 2.47. The summed E-state index contributed by atoms with van der Waals surface area (Å²) in [5, 5.41) is 0.232. The molecule has 5 nitrogen and oxygen atoms in total. The van der Waals surface area contributed by atoms with Gasteiger partial charge in [0.1, 0.15) is 18.1 Å². The minimum absolute atomic E-state index is 0.0902. The number of phosphoric acid groups is 1. The Morgan fingerprint density at radius 2 is 1.67 bits per heavy atom. The molecule has 0 saturated heterocycles. The Kier molecular flexibility index (Phi) is 5.65. The molecular weight excluding hydrogens is 315 g/mol. The second-order valence-electron chi connectivity index (χ2n) is 3.99. The third-order valence-electron chi connectivity index (χ3n) is 2.40. The Morgan fingerprint density at radius 3 is 2.38 bits per heavy atom. The van der Waals surface area contributed by atoms with Gasteiger partial charge in [-0.3, -0.25) is 9.42 Å². The Hall–Kier alpha value is -1.52. The summed E-state index contributed by atoms with van der Waals surface area (Å²) >= 11 is 5.83. The Bertz CT molecular complexity index is 620. The van der Waals surface area contributed by atoms with Crippen molar-refractivity contribution in [2.24, 2.45) is 0 Å². The second kappa shape index (κ2) is 7.48. The molecule has 7 heteroatoms. The van der Waals surface area contributed by atoms with Crippen molar-refractivity contribution in [2.45, 2.75) is 0 Å². The molecule has 112 valence electrons.